The van der Waals surface area contributed by atoms with Crippen LogP contribution in [0.5, 0.6) is 0 Å². The molecule has 0 spiro atoms. The molecule has 110 valence electrons. The summed E-state index contributed by atoms with van der Waals surface area (Å²) in [5.41, 5.74) is 2.05. The Kier molecular flexibility index (Phi) is 4.37. The van der Waals surface area contributed by atoms with Crippen molar-refractivity contribution in [3.05, 3.63) is 52.1 Å². The summed E-state index contributed by atoms with van der Waals surface area (Å²) in [5, 5.41) is 16.9. The van der Waals surface area contributed by atoms with Gasteiger partial charge in [-0.15, -0.1) is 0 Å². The van der Waals surface area contributed by atoms with Crippen LogP contribution < -0.4 is 10.6 Å². The Balaban J connectivity index is 2.32. The highest BCUT2D eigenvalue weighted by Crippen LogP contribution is 2.25. The smallest absolute Gasteiger partial charge is 0.276 e. The summed E-state index contributed by atoms with van der Waals surface area (Å²) in [7, 11) is 1.68. The molecular weight excluding hydrogens is 268 g/mol. The molecule has 0 saturated carbocycles. The van der Waals surface area contributed by atoms with E-state index in [4.69, 9.17) is 0 Å². The second-order valence-corrected chi connectivity index (χ2v) is 5.01. The van der Waals surface area contributed by atoms with Gasteiger partial charge in [0.2, 0.25) is 0 Å². The summed E-state index contributed by atoms with van der Waals surface area (Å²) < 4.78 is 0. The molecule has 0 bridgehead atoms. The Labute approximate surface area is 123 Å². The maximum absolute atomic E-state index is 10.9. The summed E-state index contributed by atoms with van der Waals surface area (Å²) in [5.74, 6) is 1.30. The van der Waals surface area contributed by atoms with Crippen LogP contribution >= 0.6 is 0 Å². The third kappa shape index (κ3) is 3.68. The predicted octanol–water partition coefficient (Wildman–Crippen LogP) is 3.90. The van der Waals surface area contributed by atoms with E-state index in [2.05, 4.69) is 35.5 Å². The molecule has 2 N–H and O–H groups in total. The van der Waals surface area contributed by atoms with Gasteiger partial charge in [-0.3, -0.25) is 10.1 Å². The minimum atomic E-state index is -0.432. The maximum atomic E-state index is 10.9. The molecule has 0 aliphatic rings. The molecule has 0 unspecified atom stereocenters. The molecule has 0 radical (unpaired) electrons. The van der Waals surface area contributed by atoms with Crippen LogP contribution in [0.15, 0.2) is 36.4 Å². The van der Waals surface area contributed by atoms with Crippen LogP contribution in [0.4, 0.5) is 23.0 Å². The van der Waals surface area contributed by atoms with Gasteiger partial charge in [0.1, 0.15) is 11.6 Å². The van der Waals surface area contributed by atoms with Gasteiger partial charge < -0.3 is 10.6 Å². The highest BCUT2D eigenvalue weighted by atomic mass is 16.6. The largest absolute Gasteiger partial charge is 0.373 e. The normalized spacial score (nSPS) is 10.5. The molecule has 0 aliphatic heterocycles. The number of anilines is 3. The maximum Gasteiger partial charge on any atom is 0.276 e. The third-order valence-electron chi connectivity index (χ3n) is 3.10. The number of nitrogens with one attached hydrogen (secondary N) is 2. The lowest BCUT2D eigenvalue weighted by molar-refractivity contribution is -0.384. The van der Waals surface area contributed by atoms with Crippen LogP contribution in [0, 0.1) is 10.1 Å². The van der Waals surface area contributed by atoms with Crippen LogP contribution in [-0.4, -0.2) is 17.0 Å². The summed E-state index contributed by atoms with van der Waals surface area (Å²) >= 11 is 0. The first-order valence-corrected chi connectivity index (χ1v) is 6.71. The fraction of sp³-hybridized carbons (Fsp3) is 0.267. The highest BCUT2D eigenvalue weighted by molar-refractivity contribution is 5.62. The van der Waals surface area contributed by atoms with E-state index < -0.39 is 4.92 Å². The molecule has 1 heterocycles. The number of rotatable bonds is 5. The van der Waals surface area contributed by atoms with Crippen molar-refractivity contribution >= 4 is 23.0 Å². The molecule has 0 saturated heterocycles. The fourth-order valence-electron chi connectivity index (χ4n) is 1.94. The van der Waals surface area contributed by atoms with Crippen LogP contribution in [0.25, 0.3) is 0 Å². The van der Waals surface area contributed by atoms with E-state index in [-0.39, 0.29) is 5.69 Å². The lowest BCUT2D eigenvalue weighted by atomic mass is 10.0. The van der Waals surface area contributed by atoms with E-state index in [0.29, 0.717) is 17.6 Å². The molecule has 2 aromatic rings. The first-order chi connectivity index (χ1) is 9.99. The van der Waals surface area contributed by atoms with E-state index in [1.54, 1.807) is 7.05 Å². The highest BCUT2D eigenvalue weighted by Gasteiger charge is 2.11. The minimum absolute atomic E-state index is 0.00290. The van der Waals surface area contributed by atoms with Crippen LogP contribution in [0.2, 0.25) is 0 Å². The zero-order valence-electron chi connectivity index (χ0n) is 12.3. The Morgan fingerprint density at radius 1 is 1.19 bits per heavy atom. The number of nitro groups is 1. The van der Waals surface area contributed by atoms with Crippen LogP contribution in [0.3, 0.4) is 0 Å². The topological polar surface area (TPSA) is 80.1 Å². The standard InChI is InChI=1S/C15H18N4O2/c1-10(2)11-5-4-6-12(7-11)17-15-9-13(19(20)21)8-14(16-3)18-15/h4-10H,1-3H3,(H2,16,17,18). The van der Waals surface area contributed by atoms with Crippen molar-refractivity contribution in [3.63, 3.8) is 0 Å². The van der Waals surface area contributed by atoms with Gasteiger partial charge in [0, 0.05) is 12.7 Å². The van der Waals surface area contributed by atoms with Crippen LogP contribution in [0.1, 0.15) is 25.3 Å². The van der Waals surface area contributed by atoms with Gasteiger partial charge in [-0.2, -0.15) is 0 Å². The SMILES string of the molecule is CNc1cc([N+](=O)[O-])cc(Nc2cccc(C(C)C)c2)n1. The van der Waals surface area contributed by atoms with Crippen molar-refractivity contribution in [1.82, 2.24) is 4.98 Å². The second kappa shape index (κ2) is 6.21. The average Bonchev–Trinajstić information content (AvgIpc) is 2.47. The van der Waals surface area contributed by atoms with E-state index >= 15 is 0 Å². The lowest BCUT2D eigenvalue weighted by Crippen LogP contribution is -2.01. The van der Waals surface area contributed by atoms with E-state index in [9.17, 15) is 10.1 Å². The third-order valence-corrected chi connectivity index (χ3v) is 3.10. The second-order valence-electron chi connectivity index (χ2n) is 5.01. The van der Waals surface area contributed by atoms with Crippen molar-refractivity contribution in [2.75, 3.05) is 17.7 Å². The van der Waals surface area contributed by atoms with Crippen molar-refractivity contribution in [1.29, 1.82) is 0 Å². The first-order valence-electron chi connectivity index (χ1n) is 6.71. The Morgan fingerprint density at radius 3 is 2.52 bits per heavy atom. The van der Waals surface area contributed by atoms with Gasteiger partial charge in [-0.25, -0.2) is 4.98 Å². The molecule has 21 heavy (non-hydrogen) atoms. The van der Waals surface area contributed by atoms with Crippen molar-refractivity contribution < 1.29 is 4.92 Å². The molecule has 0 atom stereocenters. The van der Waals surface area contributed by atoms with E-state index in [0.717, 1.165) is 5.69 Å². The molecule has 6 heteroatoms. The number of aromatic nitrogens is 1. The van der Waals surface area contributed by atoms with E-state index in [1.807, 2.05) is 18.2 Å². The van der Waals surface area contributed by atoms with Gasteiger partial charge in [-0.1, -0.05) is 26.0 Å². The molecular formula is C15H18N4O2. The summed E-state index contributed by atoms with van der Waals surface area (Å²) in [6.45, 7) is 4.23. The monoisotopic (exact) mass is 286 g/mol. The van der Waals surface area contributed by atoms with Gasteiger partial charge >= 0.3 is 0 Å². The Morgan fingerprint density at radius 2 is 1.90 bits per heavy atom. The lowest BCUT2D eigenvalue weighted by Gasteiger charge is -2.10. The number of nitrogens with zero attached hydrogens (tertiary/aromatic N) is 2. The predicted molar refractivity (Wildman–Crippen MR) is 84.3 cm³/mol. The van der Waals surface area contributed by atoms with Crippen molar-refractivity contribution in [3.8, 4) is 0 Å². The molecule has 2 rings (SSSR count). The summed E-state index contributed by atoms with van der Waals surface area (Å²) in [6.07, 6.45) is 0. The molecule has 6 nitrogen and oxygen atoms in total. The molecule has 1 aromatic heterocycles. The van der Waals surface area contributed by atoms with Gasteiger partial charge in [0.15, 0.2) is 0 Å². The molecule has 0 amide bonds. The number of hydrogen-bond acceptors (Lipinski definition) is 5. The van der Waals surface area contributed by atoms with Crippen molar-refractivity contribution in [2.45, 2.75) is 19.8 Å². The number of benzene rings is 1. The minimum Gasteiger partial charge on any atom is -0.373 e. The zero-order valence-corrected chi connectivity index (χ0v) is 12.3. The average molecular weight is 286 g/mol. The van der Waals surface area contributed by atoms with Gasteiger partial charge in [0.25, 0.3) is 5.69 Å². The van der Waals surface area contributed by atoms with Gasteiger partial charge in [0.05, 0.1) is 17.1 Å². The quantitative estimate of drug-likeness (QED) is 0.643. The summed E-state index contributed by atoms with van der Waals surface area (Å²) in [4.78, 5) is 14.8. The molecule has 0 fully saturated rings. The molecule has 0 aliphatic carbocycles. The Hall–Kier alpha value is -2.63. The number of hydrogen-bond donors (Lipinski definition) is 2. The zero-order chi connectivity index (χ0) is 15.4. The van der Waals surface area contributed by atoms with Gasteiger partial charge in [-0.05, 0) is 23.6 Å². The summed E-state index contributed by atoms with van der Waals surface area (Å²) in [6, 6.07) is 10.7. The van der Waals surface area contributed by atoms with Crippen molar-refractivity contribution in [2.24, 2.45) is 0 Å². The van der Waals surface area contributed by atoms with Crippen LogP contribution in [-0.2, 0) is 0 Å². The molecule has 1 aromatic carbocycles. The number of pyridine rings is 1. The first kappa shape index (κ1) is 14.8. The fourth-order valence-corrected chi connectivity index (χ4v) is 1.94. The van der Waals surface area contributed by atoms with E-state index in [1.165, 1.54) is 17.7 Å². The Bertz CT molecular complexity index is 656.